The molecule has 2 rings (SSSR count). The van der Waals surface area contributed by atoms with Gasteiger partial charge in [-0.2, -0.15) is 0 Å². The fraction of sp³-hybridized carbons (Fsp3) is 0.400. The minimum absolute atomic E-state index is 0.170. The summed E-state index contributed by atoms with van der Waals surface area (Å²) in [5, 5.41) is 14.3. The summed E-state index contributed by atoms with van der Waals surface area (Å²) in [6.45, 7) is 0. The second kappa shape index (κ2) is 3.59. The zero-order valence-corrected chi connectivity index (χ0v) is 8.94. The third kappa shape index (κ3) is 2.37. The first-order chi connectivity index (χ1) is 6.98. The lowest BCUT2D eigenvalue weighted by molar-refractivity contribution is 0.259. The lowest BCUT2D eigenvalue weighted by Gasteiger charge is -2.06. The molecular formula is C10H13NO3S. The van der Waals surface area contributed by atoms with Gasteiger partial charge in [-0.25, -0.2) is 13.6 Å². The molecule has 5 heteroatoms. The first-order valence-corrected chi connectivity index (χ1v) is 6.32. The Morgan fingerprint density at radius 1 is 1.40 bits per heavy atom. The highest BCUT2D eigenvalue weighted by Crippen LogP contribution is 2.34. The van der Waals surface area contributed by atoms with Crippen LogP contribution in [0, 0.1) is 5.92 Å². The molecule has 0 saturated heterocycles. The normalized spacial score (nSPS) is 25.2. The fourth-order valence-electron chi connectivity index (χ4n) is 1.68. The number of aliphatic hydroxyl groups excluding tert-OH is 1. The van der Waals surface area contributed by atoms with Crippen molar-refractivity contribution in [2.75, 3.05) is 0 Å². The van der Waals surface area contributed by atoms with Gasteiger partial charge in [0.25, 0.3) is 0 Å². The van der Waals surface area contributed by atoms with Crippen LogP contribution in [-0.4, -0.2) is 19.6 Å². The van der Waals surface area contributed by atoms with Gasteiger partial charge in [0.05, 0.1) is 11.0 Å². The molecule has 1 fully saturated rings. The molecule has 4 nitrogen and oxygen atoms in total. The minimum Gasteiger partial charge on any atom is -0.393 e. The maximum absolute atomic E-state index is 11.3. The number of sulfonamides is 1. The quantitative estimate of drug-likeness (QED) is 0.777. The maximum atomic E-state index is 11.3. The second-order valence-electron chi connectivity index (χ2n) is 3.92. The smallest absolute Gasteiger partial charge is 0.238 e. The third-order valence-electron chi connectivity index (χ3n) is 2.65. The molecule has 0 radical (unpaired) electrons. The highest BCUT2D eigenvalue weighted by atomic mass is 32.2. The Bertz CT molecular complexity index is 469. The molecule has 1 aromatic carbocycles. The van der Waals surface area contributed by atoms with E-state index in [1.807, 2.05) is 0 Å². The Morgan fingerprint density at radius 3 is 2.53 bits per heavy atom. The Balaban J connectivity index is 2.30. The average molecular weight is 227 g/mol. The van der Waals surface area contributed by atoms with Gasteiger partial charge in [0.1, 0.15) is 0 Å². The SMILES string of the molecule is NS(=O)(=O)c1ccccc1CC1CC1O. The molecule has 1 aliphatic carbocycles. The summed E-state index contributed by atoms with van der Waals surface area (Å²) in [7, 11) is -3.65. The van der Waals surface area contributed by atoms with Gasteiger partial charge in [-0.3, -0.25) is 0 Å². The van der Waals surface area contributed by atoms with E-state index >= 15 is 0 Å². The average Bonchev–Trinajstić information content (AvgIpc) is 2.81. The lowest BCUT2D eigenvalue weighted by atomic mass is 10.1. The van der Waals surface area contributed by atoms with Crippen LogP contribution in [0.15, 0.2) is 29.2 Å². The van der Waals surface area contributed by atoms with Gasteiger partial charge in [-0.05, 0) is 30.4 Å². The first kappa shape index (κ1) is 10.6. The summed E-state index contributed by atoms with van der Waals surface area (Å²) in [6.07, 6.45) is 1.05. The maximum Gasteiger partial charge on any atom is 0.238 e. The monoisotopic (exact) mass is 227 g/mol. The topological polar surface area (TPSA) is 80.4 Å². The van der Waals surface area contributed by atoms with Crippen LogP contribution in [0.1, 0.15) is 12.0 Å². The Morgan fingerprint density at radius 2 is 2.00 bits per heavy atom. The van der Waals surface area contributed by atoms with Crippen LogP contribution >= 0.6 is 0 Å². The van der Waals surface area contributed by atoms with Crippen LogP contribution in [0.2, 0.25) is 0 Å². The number of benzene rings is 1. The van der Waals surface area contributed by atoms with E-state index in [4.69, 9.17) is 5.14 Å². The molecule has 0 aliphatic heterocycles. The molecule has 2 unspecified atom stereocenters. The molecule has 0 bridgehead atoms. The lowest BCUT2D eigenvalue weighted by Crippen LogP contribution is -2.14. The van der Waals surface area contributed by atoms with Gasteiger partial charge in [-0.15, -0.1) is 0 Å². The van der Waals surface area contributed by atoms with Crippen LogP contribution in [0.5, 0.6) is 0 Å². The predicted octanol–water partition coefficient (Wildman–Crippen LogP) is 0.257. The van der Waals surface area contributed by atoms with E-state index in [2.05, 4.69) is 0 Å². The van der Waals surface area contributed by atoms with E-state index in [0.29, 0.717) is 12.0 Å². The van der Waals surface area contributed by atoms with Crippen LogP contribution < -0.4 is 5.14 Å². The van der Waals surface area contributed by atoms with Gasteiger partial charge < -0.3 is 5.11 Å². The van der Waals surface area contributed by atoms with Crippen molar-refractivity contribution in [2.45, 2.75) is 23.8 Å². The summed E-state index contributed by atoms with van der Waals surface area (Å²) in [5.41, 5.74) is 0.696. The molecule has 0 heterocycles. The summed E-state index contributed by atoms with van der Waals surface area (Å²) < 4.78 is 22.5. The van der Waals surface area contributed by atoms with E-state index < -0.39 is 10.0 Å². The summed E-state index contributed by atoms with van der Waals surface area (Å²) in [5.74, 6) is 0.188. The number of nitrogens with two attached hydrogens (primary N) is 1. The number of rotatable bonds is 3. The van der Waals surface area contributed by atoms with Crippen molar-refractivity contribution in [2.24, 2.45) is 11.1 Å². The number of primary sulfonamides is 1. The van der Waals surface area contributed by atoms with Crippen molar-refractivity contribution in [3.63, 3.8) is 0 Å². The van der Waals surface area contributed by atoms with E-state index in [0.717, 1.165) is 6.42 Å². The van der Waals surface area contributed by atoms with E-state index in [1.165, 1.54) is 6.07 Å². The second-order valence-corrected chi connectivity index (χ2v) is 5.45. The Kier molecular flexibility index (Phi) is 2.54. The molecule has 82 valence electrons. The third-order valence-corrected chi connectivity index (χ3v) is 3.66. The molecule has 1 aromatic rings. The van der Waals surface area contributed by atoms with Crippen molar-refractivity contribution < 1.29 is 13.5 Å². The highest BCUT2D eigenvalue weighted by Gasteiger charge is 2.35. The highest BCUT2D eigenvalue weighted by molar-refractivity contribution is 7.89. The summed E-state index contributed by atoms with van der Waals surface area (Å²) in [6, 6.07) is 6.66. The molecule has 3 N–H and O–H groups in total. The molecule has 15 heavy (non-hydrogen) atoms. The van der Waals surface area contributed by atoms with Gasteiger partial charge >= 0.3 is 0 Å². The Labute approximate surface area is 88.8 Å². The number of hydrogen-bond donors (Lipinski definition) is 2. The van der Waals surface area contributed by atoms with Gasteiger partial charge in [0.15, 0.2) is 0 Å². The van der Waals surface area contributed by atoms with Crippen molar-refractivity contribution in [1.29, 1.82) is 0 Å². The molecular weight excluding hydrogens is 214 g/mol. The van der Waals surface area contributed by atoms with E-state index in [1.54, 1.807) is 18.2 Å². The van der Waals surface area contributed by atoms with Gasteiger partial charge in [-0.1, -0.05) is 18.2 Å². The van der Waals surface area contributed by atoms with Crippen LogP contribution in [0.25, 0.3) is 0 Å². The predicted molar refractivity (Wildman–Crippen MR) is 55.6 cm³/mol. The molecule has 1 aliphatic rings. The molecule has 0 spiro atoms. The summed E-state index contributed by atoms with van der Waals surface area (Å²) >= 11 is 0. The zero-order chi connectivity index (χ0) is 11.1. The van der Waals surface area contributed by atoms with Crippen molar-refractivity contribution in [3.8, 4) is 0 Å². The molecule has 0 aromatic heterocycles. The fourth-order valence-corrected chi connectivity index (χ4v) is 2.47. The Hall–Kier alpha value is -0.910. The van der Waals surface area contributed by atoms with Crippen molar-refractivity contribution in [1.82, 2.24) is 0 Å². The standard InChI is InChI=1S/C10H13NO3S/c11-15(13,14)10-4-2-1-3-7(10)5-8-6-9(8)12/h1-4,8-9,12H,5-6H2,(H2,11,13,14). The van der Waals surface area contributed by atoms with Crippen LogP contribution in [0.3, 0.4) is 0 Å². The largest absolute Gasteiger partial charge is 0.393 e. The zero-order valence-electron chi connectivity index (χ0n) is 8.13. The van der Waals surface area contributed by atoms with Gasteiger partial charge in [0, 0.05) is 0 Å². The molecule has 1 saturated carbocycles. The van der Waals surface area contributed by atoms with Crippen molar-refractivity contribution in [3.05, 3.63) is 29.8 Å². The van der Waals surface area contributed by atoms with Crippen LogP contribution in [0.4, 0.5) is 0 Å². The molecule has 0 amide bonds. The molecule has 2 atom stereocenters. The number of hydrogen-bond acceptors (Lipinski definition) is 3. The minimum atomic E-state index is -3.65. The summed E-state index contributed by atoms with van der Waals surface area (Å²) in [4.78, 5) is 0.170. The van der Waals surface area contributed by atoms with E-state index in [9.17, 15) is 13.5 Å². The first-order valence-electron chi connectivity index (χ1n) is 4.77. The van der Waals surface area contributed by atoms with Crippen molar-refractivity contribution >= 4 is 10.0 Å². The van der Waals surface area contributed by atoms with E-state index in [-0.39, 0.29) is 16.9 Å². The van der Waals surface area contributed by atoms with Crippen LogP contribution in [-0.2, 0) is 16.4 Å². The van der Waals surface area contributed by atoms with Gasteiger partial charge in [0.2, 0.25) is 10.0 Å². The number of aliphatic hydroxyl groups is 1.